The molecule has 0 radical (unpaired) electrons. The molecule has 0 bridgehead atoms. The molecule has 1 heterocycles. The van der Waals surface area contributed by atoms with Crippen molar-refractivity contribution >= 4 is 18.3 Å². The third-order valence-corrected chi connectivity index (χ3v) is 2.56. The third-order valence-electron chi connectivity index (χ3n) is 2.56. The first kappa shape index (κ1) is 12.0. The van der Waals surface area contributed by atoms with Gasteiger partial charge in [0.05, 0.1) is 0 Å². The Bertz CT molecular complexity index is 339. The van der Waals surface area contributed by atoms with Crippen molar-refractivity contribution < 1.29 is 9.18 Å². The molecular weight excluding hydrogens is 217 g/mol. The van der Waals surface area contributed by atoms with Crippen LogP contribution in [0.2, 0.25) is 0 Å². The molecule has 1 saturated heterocycles. The number of halogens is 2. The Morgan fingerprint density at radius 1 is 1.33 bits per heavy atom. The average Bonchev–Trinajstić information content (AvgIpc) is 2.56. The predicted octanol–water partition coefficient (Wildman–Crippen LogP) is 1.93. The molecule has 1 aromatic carbocycles. The van der Waals surface area contributed by atoms with Gasteiger partial charge in [-0.2, -0.15) is 0 Å². The molecule has 82 valence electrons. The summed E-state index contributed by atoms with van der Waals surface area (Å²) in [5.41, 5.74) is 1.02. The summed E-state index contributed by atoms with van der Waals surface area (Å²) in [6.45, 7) is 0.769. The van der Waals surface area contributed by atoms with E-state index >= 15 is 0 Å². The summed E-state index contributed by atoms with van der Waals surface area (Å²) in [4.78, 5) is 11.3. The summed E-state index contributed by atoms with van der Waals surface area (Å²) >= 11 is 0. The van der Waals surface area contributed by atoms with Gasteiger partial charge in [0.1, 0.15) is 5.82 Å². The van der Waals surface area contributed by atoms with Crippen LogP contribution in [0.15, 0.2) is 24.3 Å². The second-order valence-electron chi connectivity index (χ2n) is 3.61. The SMILES string of the molecule is Cl.O=C1NCCC1Cc1ccc(F)cc1. The van der Waals surface area contributed by atoms with Crippen LogP contribution in [0.1, 0.15) is 12.0 Å². The Morgan fingerprint density at radius 2 is 2.00 bits per heavy atom. The van der Waals surface area contributed by atoms with Crippen molar-refractivity contribution in [1.29, 1.82) is 0 Å². The van der Waals surface area contributed by atoms with E-state index in [-0.39, 0.29) is 30.0 Å². The molecule has 0 aromatic heterocycles. The number of hydrogen-bond acceptors (Lipinski definition) is 1. The van der Waals surface area contributed by atoms with E-state index in [1.165, 1.54) is 12.1 Å². The number of rotatable bonds is 2. The molecule has 0 saturated carbocycles. The van der Waals surface area contributed by atoms with Crippen LogP contribution in [0.25, 0.3) is 0 Å². The molecule has 1 aromatic rings. The topological polar surface area (TPSA) is 29.1 Å². The van der Waals surface area contributed by atoms with E-state index in [0.717, 1.165) is 18.5 Å². The molecule has 1 fully saturated rings. The van der Waals surface area contributed by atoms with Gasteiger partial charge in [0.2, 0.25) is 5.91 Å². The smallest absolute Gasteiger partial charge is 0.223 e. The lowest BCUT2D eigenvalue weighted by Gasteiger charge is -2.05. The number of carbonyl (C=O) groups is 1. The van der Waals surface area contributed by atoms with Crippen molar-refractivity contribution in [3.8, 4) is 0 Å². The van der Waals surface area contributed by atoms with E-state index in [1.54, 1.807) is 12.1 Å². The normalized spacial score (nSPS) is 19.5. The van der Waals surface area contributed by atoms with Gasteiger partial charge in [0, 0.05) is 12.5 Å². The van der Waals surface area contributed by atoms with Crippen molar-refractivity contribution in [2.24, 2.45) is 5.92 Å². The van der Waals surface area contributed by atoms with Crippen LogP contribution in [0.5, 0.6) is 0 Å². The van der Waals surface area contributed by atoms with Crippen molar-refractivity contribution in [3.63, 3.8) is 0 Å². The second-order valence-corrected chi connectivity index (χ2v) is 3.61. The molecule has 1 N–H and O–H groups in total. The van der Waals surface area contributed by atoms with Gasteiger partial charge in [-0.25, -0.2) is 4.39 Å². The zero-order chi connectivity index (χ0) is 9.97. The molecule has 15 heavy (non-hydrogen) atoms. The monoisotopic (exact) mass is 229 g/mol. The standard InChI is InChI=1S/C11H12FNO.ClH/c12-10-3-1-8(2-4-10)7-9-5-6-13-11(9)14;/h1-4,9H,5-7H2,(H,13,14);1H. The zero-order valence-corrected chi connectivity index (χ0v) is 9.02. The van der Waals surface area contributed by atoms with Gasteiger partial charge in [-0.1, -0.05) is 12.1 Å². The number of hydrogen-bond donors (Lipinski definition) is 1. The zero-order valence-electron chi connectivity index (χ0n) is 8.20. The lowest BCUT2D eigenvalue weighted by atomic mass is 9.98. The fourth-order valence-electron chi connectivity index (χ4n) is 1.74. The lowest BCUT2D eigenvalue weighted by Crippen LogP contribution is -2.20. The van der Waals surface area contributed by atoms with Crippen molar-refractivity contribution in [2.45, 2.75) is 12.8 Å². The van der Waals surface area contributed by atoms with Crippen LogP contribution in [0.3, 0.4) is 0 Å². The summed E-state index contributed by atoms with van der Waals surface area (Å²) in [6.07, 6.45) is 1.60. The van der Waals surface area contributed by atoms with Crippen molar-refractivity contribution in [2.75, 3.05) is 6.54 Å². The molecule has 0 aliphatic carbocycles. The minimum atomic E-state index is -0.232. The molecule has 4 heteroatoms. The van der Waals surface area contributed by atoms with Crippen LogP contribution in [-0.2, 0) is 11.2 Å². The lowest BCUT2D eigenvalue weighted by molar-refractivity contribution is -0.122. The van der Waals surface area contributed by atoms with Gasteiger partial charge in [0.25, 0.3) is 0 Å². The molecule has 0 spiro atoms. The largest absolute Gasteiger partial charge is 0.356 e. The first-order chi connectivity index (χ1) is 6.75. The van der Waals surface area contributed by atoms with E-state index in [1.807, 2.05) is 0 Å². The summed E-state index contributed by atoms with van der Waals surface area (Å²) in [6, 6.07) is 6.34. The minimum absolute atomic E-state index is 0. The maximum atomic E-state index is 12.6. The van der Waals surface area contributed by atoms with Gasteiger partial charge < -0.3 is 5.32 Å². The summed E-state index contributed by atoms with van der Waals surface area (Å²) in [5, 5.41) is 2.79. The molecule has 1 aliphatic heterocycles. The Morgan fingerprint density at radius 3 is 2.53 bits per heavy atom. The predicted molar refractivity (Wildman–Crippen MR) is 58.5 cm³/mol. The van der Waals surface area contributed by atoms with Gasteiger partial charge in [-0.3, -0.25) is 4.79 Å². The minimum Gasteiger partial charge on any atom is -0.356 e. The first-order valence-corrected chi connectivity index (χ1v) is 4.78. The molecule has 1 aliphatic rings. The van der Waals surface area contributed by atoms with E-state index in [2.05, 4.69) is 5.32 Å². The van der Waals surface area contributed by atoms with Crippen LogP contribution >= 0.6 is 12.4 Å². The second kappa shape index (κ2) is 5.12. The van der Waals surface area contributed by atoms with E-state index in [0.29, 0.717) is 6.42 Å². The fraction of sp³-hybridized carbons (Fsp3) is 0.364. The highest BCUT2D eigenvalue weighted by Gasteiger charge is 2.23. The molecule has 2 rings (SSSR count). The van der Waals surface area contributed by atoms with Crippen molar-refractivity contribution in [3.05, 3.63) is 35.6 Å². The van der Waals surface area contributed by atoms with Crippen LogP contribution in [0, 0.1) is 11.7 Å². The van der Waals surface area contributed by atoms with E-state index < -0.39 is 0 Å². The Hall–Kier alpha value is -1.09. The Labute approximate surface area is 94.3 Å². The van der Waals surface area contributed by atoms with Crippen LogP contribution < -0.4 is 5.32 Å². The molecular formula is C11H13ClFNO. The van der Waals surface area contributed by atoms with Gasteiger partial charge in [0.15, 0.2) is 0 Å². The highest BCUT2D eigenvalue weighted by Crippen LogP contribution is 2.16. The maximum Gasteiger partial charge on any atom is 0.223 e. The number of benzene rings is 1. The van der Waals surface area contributed by atoms with Gasteiger partial charge in [-0.05, 0) is 30.5 Å². The average molecular weight is 230 g/mol. The molecule has 1 amide bonds. The van der Waals surface area contributed by atoms with E-state index in [4.69, 9.17) is 0 Å². The Kier molecular flexibility index (Phi) is 4.09. The summed E-state index contributed by atoms with van der Waals surface area (Å²) in [7, 11) is 0. The van der Waals surface area contributed by atoms with E-state index in [9.17, 15) is 9.18 Å². The summed E-state index contributed by atoms with van der Waals surface area (Å²) in [5.74, 6) is -0.0422. The fourth-order valence-corrected chi connectivity index (χ4v) is 1.74. The number of nitrogens with one attached hydrogen (secondary N) is 1. The molecule has 2 nitrogen and oxygen atoms in total. The van der Waals surface area contributed by atoms with Gasteiger partial charge in [-0.15, -0.1) is 12.4 Å². The third kappa shape index (κ3) is 2.93. The quantitative estimate of drug-likeness (QED) is 0.825. The van der Waals surface area contributed by atoms with Crippen LogP contribution in [-0.4, -0.2) is 12.5 Å². The Balaban J connectivity index is 0.00000112. The number of carbonyl (C=O) groups excluding carboxylic acids is 1. The van der Waals surface area contributed by atoms with Gasteiger partial charge >= 0.3 is 0 Å². The molecule has 1 unspecified atom stereocenters. The highest BCUT2D eigenvalue weighted by atomic mass is 35.5. The number of amides is 1. The summed E-state index contributed by atoms with van der Waals surface area (Å²) < 4.78 is 12.6. The first-order valence-electron chi connectivity index (χ1n) is 4.78. The van der Waals surface area contributed by atoms with Crippen molar-refractivity contribution in [1.82, 2.24) is 5.32 Å². The maximum absolute atomic E-state index is 12.6. The van der Waals surface area contributed by atoms with Crippen LogP contribution in [0.4, 0.5) is 4.39 Å². The highest BCUT2D eigenvalue weighted by molar-refractivity contribution is 5.85. The molecule has 1 atom stereocenters.